The minimum Gasteiger partial charge on any atom is -0.484 e. The van der Waals surface area contributed by atoms with E-state index in [9.17, 15) is 9.18 Å². The molecule has 0 fully saturated rings. The summed E-state index contributed by atoms with van der Waals surface area (Å²) in [5, 5.41) is 0.596. The lowest BCUT2D eigenvalue weighted by Gasteiger charge is -2.25. The van der Waals surface area contributed by atoms with Gasteiger partial charge in [0.2, 0.25) is 0 Å². The van der Waals surface area contributed by atoms with Gasteiger partial charge in [-0.15, -0.1) is 0 Å². The molecule has 1 aliphatic rings. The summed E-state index contributed by atoms with van der Waals surface area (Å²) in [5.41, 5.74) is 1.15. The van der Waals surface area contributed by atoms with Gasteiger partial charge < -0.3 is 4.74 Å². The lowest BCUT2D eigenvalue weighted by molar-refractivity contribution is 0.0849. The third-order valence-electron chi connectivity index (χ3n) is 3.10. The highest BCUT2D eigenvalue weighted by Crippen LogP contribution is 2.35. The van der Waals surface area contributed by atoms with Crippen LogP contribution in [0, 0.1) is 5.82 Å². The number of rotatable bonds is 1. The first-order valence-corrected chi connectivity index (χ1v) is 6.26. The third kappa shape index (κ3) is 2.34. The van der Waals surface area contributed by atoms with Gasteiger partial charge in [-0.2, -0.15) is 0 Å². The van der Waals surface area contributed by atoms with E-state index in [-0.39, 0.29) is 18.3 Å². The third-order valence-corrected chi connectivity index (χ3v) is 3.34. The highest BCUT2D eigenvalue weighted by Gasteiger charge is 2.28. The normalized spacial score (nSPS) is 17.8. The fraction of sp³-hybridized carbons (Fsp3) is 0.133. The highest BCUT2D eigenvalue weighted by molar-refractivity contribution is 6.30. The Balaban J connectivity index is 1.97. The summed E-state index contributed by atoms with van der Waals surface area (Å²) in [7, 11) is 0. The van der Waals surface area contributed by atoms with Crippen LogP contribution in [0.2, 0.25) is 5.02 Å². The van der Waals surface area contributed by atoms with E-state index in [1.807, 2.05) is 12.1 Å². The van der Waals surface area contributed by atoms with Crippen molar-refractivity contribution in [3.05, 3.63) is 64.4 Å². The van der Waals surface area contributed by atoms with Gasteiger partial charge in [0.05, 0.1) is 12.0 Å². The van der Waals surface area contributed by atoms with Crippen molar-refractivity contribution in [1.29, 1.82) is 0 Å². The van der Waals surface area contributed by atoms with Gasteiger partial charge in [0.25, 0.3) is 0 Å². The maximum Gasteiger partial charge on any atom is 0.170 e. The first kappa shape index (κ1) is 12.2. The molecule has 2 nitrogen and oxygen atoms in total. The smallest absolute Gasteiger partial charge is 0.170 e. The Kier molecular flexibility index (Phi) is 2.99. The van der Waals surface area contributed by atoms with E-state index < -0.39 is 5.82 Å². The molecule has 0 N–H and O–H groups in total. The van der Waals surface area contributed by atoms with Crippen LogP contribution in [0.5, 0.6) is 5.75 Å². The highest BCUT2D eigenvalue weighted by atomic mass is 35.5. The predicted octanol–water partition coefficient (Wildman–Crippen LogP) is 4.19. The number of halogens is 2. The lowest BCUT2D eigenvalue weighted by atomic mass is 9.96. The second-order valence-electron chi connectivity index (χ2n) is 4.43. The Morgan fingerprint density at radius 2 is 2.05 bits per heavy atom. The van der Waals surface area contributed by atoms with Gasteiger partial charge in [0, 0.05) is 5.02 Å². The second kappa shape index (κ2) is 4.67. The van der Waals surface area contributed by atoms with Crippen molar-refractivity contribution in [3.8, 4) is 5.75 Å². The van der Waals surface area contributed by atoms with E-state index in [4.69, 9.17) is 16.3 Å². The molecule has 0 aromatic heterocycles. The topological polar surface area (TPSA) is 26.3 Å². The molecule has 0 bridgehead atoms. The Morgan fingerprint density at radius 1 is 1.21 bits per heavy atom. The maximum absolute atomic E-state index is 13.1. The second-order valence-corrected chi connectivity index (χ2v) is 4.87. The summed E-state index contributed by atoms with van der Waals surface area (Å²) in [5.74, 6) is -0.134. The molecule has 1 unspecified atom stereocenters. The number of fused-ring (bicyclic) bond motifs is 1. The molecule has 19 heavy (non-hydrogen) atoms. The molecule has 0 spiro atoms. The van der Waals surface area contributed by atoms with Crippen LogP contribution in [0.25, 0.3) is 0 Å². The number of ether oxygens (including phenoxy) is 1. The van der Waals surface area contributed by atoms with Gasteiger partial charge in [0.1, 0.15) is 17.7 Å². The van der Waals surface area contributed by atoms with Crippen molar-refractivity contribution in [2.24, 2.45) is 0 Å². The zero-order valence-electron chi connectivity index (χ0n) is 9.90. The lowest BCUT2D eigenvalue weighted by Crippen LogP contribution is -2.20. The number of Topliss-reactive ketones (excluding diaryl/α,β-unsaturated/α-hetero) is 1. The summed E-state index contributed by atoms with van der Waals surface area (Å²) >= 11 is 5.93. The van der Waals surface area contributed by atoms with E-state index >= 15 is 0 Å². The average Bonchev–Trinajstić information content (AvgIpc) is 2.39. The van der Waals surface area contributed by atoms with E-state index in [1.54, 1.807) is 12.1 Å². The molecule has 2 aromatic rings. The summed E-state index contributed by atoms with van der Waals surface area (Å²) in [6, 6.07) is 11.2. The summed E-state index contributed by atoms with van der Waals surface area (Å²) in [4.78, 5) is 12.0. The standard InChI is InChI=1S/C15H10ClFO2/c16-10-3-1-2-9(6-10)15-8-13(18)12-7-11(17)4-5-14(12)19-15/h1-7,15H,8H2. The van der Waals surface area contributed by atoms with Crippen LogP contribution in [-0.2, 0) is 0 Å². The number of hydrogen-bond acceptors (Lipinski definition) is 2. The van der Waals surface area contributed by atoms with Crippen LogP contribution in [0.1, 0.15) is 28.4 Å². The molecular weight excluding hydrogens is 267 g/mol. The van der Waals surface area contributed by atoms with E-state index in [0.717, 1.165) is 5.56 Å². The number of carbonyl (C=O) groups excluding carboxylic acids is 1. The van der Waals surface area contributed by atoms with Crippen LogP contribution < -0.4 is 4.74 Å². The Bertz CT molecular complexity index is 654. The molecule has 0 amide bonds. The average molecular weight is 277 g/mol. The van der Waals surface area contributed by atoms with Gasteiger partial charge in [-0.25, -0.2) is 4.39 Å². The molecule has 96 valence electrons. The van der Waals surface area contributed by atoms with Crippen molar-refractivity contribution >= 4 is 17.4 Å². The van der Waals surface area contributed by atoms with Crippen LogP contribution in [0.3, 0.4) is 0 Å². The molecule has 2 aromatic carbocycles. The fourth-order valence-corrected chi connectivity index (χ4v) is 2.39. The SMILES string of the molecule is O=C1CC(c2cccc(Cl)c2)Oc2ccc(F)cc21. The molecule has 1 heterocycles. The van der Waals surface area contributed by atoms with E-state index in [1.165, 1.54) is 18.2 Å². The zero-order valence-corrected chi connectivity index (χ0v) is 10.7. The predicted molar refractivity (Wildman–Crippen MR) is 70.2 cm³/mol. The van der Waals surface area contributed by atoms with Crippen molar-refractivity contribution < 1.29 is 13.9 Å². The molecule has 1 aliphatic heterocycles. The molecule has 0 radical (unpaired) electrons. The number of carbonyl (C=O) groups is 1. The van der Waals surface area contributed by atoms with Crippen LogP contribution >= 0.6 is 11.6 Å². The molecule has 4 heteroatoms. The van der Waals surface area contributed by atoms with Crippen LogP contribution in [0.15, 0.2) is 42.5 Å². The largest absolute Gasteiger partial charge is 0.484 e. The zero-order chi connectivity index (χ0) is 13.4. The first-order valence-electron chi connectivity index (χ1n) is 5.88. The van der Waals surface area contributed by atoms with E-state index in [2.05, 4.69) is 0 Å². The fourth-order valence-electron chi connectivity index (χ4n) is 2.19. The quantitative estimate of drug-likeness (QED) is 0.781. The summed E-state index contributed by atoms with van der Waals surface area (Å²) < 4.78 is 18.9. The van der Waals surface area contributed by atoms with Crippen molar-refractivity contribution in [2.75, 3.05) is 0 Å². The molecule has 3 rings (SSSR count). The van der Waals surface area contributed by atoms with Crippen molar-refractivity contribution in [1.82, 2.24) is 0 Å². The van der Waals surface area contributed by atoms with Crippen LogP contribution in [-0.4, -0.2) is 5.78 Å². The summed E-state index contributed by atoms with van der Waals surface area (Å²) in [6.07, 6.45) is -0.180. The number of hydrogen-bond donors (Lipinski definition) is 0. The van der Waals surface area contributed by atoms with Gasteiger partial charge >= 0.3 is 0 Å². The van der Waals surface area contributed by atoms with Crippen molar-refractivity contribution in [3.63, 3.8) is 0 Å². The van der Waals surface area contributed by atoms with Crippen LogP contribution in [0.4, 0.5) is 4.39 Å². The molecule has 0 aliphatic carbocycles. The van der Waals surface area contributed by atoms with Gasteiger partial charge in [-0.3, -0.25) is 4.79 Å². The Labute approximate surface area is 114 Å². The minimum absolute atomic E-state index is 0.120. The first-order chi connectivity index (χ1) is 9.13. The number of benzene rings is 2. The molecular formula is C15H10ClFO2. The van der Waals surface area contributed by atoms with Gasteiger partial charge in [0.15, 0.2) is 5.78 Å². The van der Waals surface area contributed by atoms with Crippen molar-refractivity contribution in [2.45, 2.75) is 12.5 Å². The van der Waals surface area contributed by atoms with E-state index in [0.29, 0.717) is 16.3 Å². The van der Waals surface area contributed by atoms with Gasteiger partial charge in [-0.05, 0) is 35.9 Å². The Hall–Kier alpha value is -1.87. The monoisotopic (exact) mass is 276 g/mol. The molecule has 1 atom stereocenters. The maximum atomic E-state index is 13.1. The summed E-state index contributed by atoms with van der Waals surface area (Å²) in [6.45, 7) is 0. The van der Waals surface area contributed by atoms with Gasteiger partial charge in [-0.1, -0.05) is 23.7 Å². The molecule has 0 saturated heterocycles. The molecule has 0 saturated carbocycles. The Morgan fingerprint density at radius 3 is 2.84 bits per heavy atom. The minimum atomic E-state index is -0.433. The number of ketones is 1.